The molecule has 0 bridgehead atoms. The van der Waals surface area contributed by atoms with Gasteiger partial charge in [0.1, 0.15) is 54.9 Å². The summed E-state index contributed by atoms with van der Waals surface area (Å²) in [5.41, 5.74) is 0. The van der Waals surface area contributed by atoms with Gasteiger partial charge < -0.3 is 64.2 Å². The number of carbonyl (C=O) groups excluding carboxylic acids is 1. The number of esters is 1. The molecule has 2 saturated heterocycles. The van der Waals surface area contributed by atoms with E-state index in [0.29, 0.717) is 6.61 Å². The van der Waals surface area contributed by atoms with Crippen molar-refractivity contribution in [1.29, 1.82) is 0 Å². The largest absolute Gasteiger partial charge is 0.458 e. The van der Waals surface area contributed by atoms with Gasteiger partial charge in [0.2, 0.25) is 0 Å². The predicted molar refractivity (Wildman–Crippen MR) is 215 cm³/mol. The number of rotatable bonds is 32. The van der Waals surface area contributed by atoms with E-state index in [4.69, 9.17) is 28.4 Å². The van der Waals surface area contributed by atoms with Crippen molar-refractivity contribution >= 4 is 5.97 Å². The van der Waals surface area contributed by atoms with Crippen LogP contribution in [0.4, 0.5) is 0 Å². The van der Waals surface area contributed by atoms with Gasteiger partial charge in [0, 0.05) is 13.5 Å². The third-order valence-corrected chi connectivity index (χ3v) is 10.2. The highest BCUT2D eigenvalue weighted by Gasteiger charge is 2.47. The van der Waals surface area contributed by atoms with Crippen LogP contribution in [0.5, 0.6) is 0 Å². The van der Waals surface area contributed by atoms with Crippen molar-refractivity contribution in [1.82, 2.24) is 0 Å². The summed E-state index contributed by atoms with van der Waals surface area (Å²) in [6, 6.07) is 0. The van der Waals surface area contributed by atoms with Crippen LogP contribution in [0.15, 0.2) is 36.5 Å². The second-order valence-corrected chi connectivity index (χ2v) is 15.2. The zero-order valence-corrected chi connectivity index (χ0v) is 34.6. The summed E-state index contributed by atoms with van der Waals surface area (Å²) >= 11 is 0. The first-order valence-electron chi connectivity index (χ1n) is 21.5. The molecule has 0 radical (unpaired) electrons. The topological polar surface area (TPSA) is 214 Å². The van der Waals surface area contributed by atoms with Crippen molar-refractivity contribution in [2.24, 2.45) is 0 Å². The maximum absolute atomic E-state index is 11.7. The van der Waals surface area contributed by atoms with Crippen molar-refractivity contribution in [2.75, 3.05) is 33.0 Å². The maximum Gasteiger partial charge on any atom is 0.303 e. The van der Waals surface area contributed by atoms with Gasteiger partial charge >= 0.3 is 5.97 Å². The van der Waals surface area contributed by atoms with E-state index in [9.17, 15) is 40.5 Å². The molecule has 0 aromatic heterocycles. The highest BCUT2D eigenvalue weighted by atomic mass is 16.7. The molecular formula is C43H76O14. The molecule has 2 fully saturated rings. The first-order chi connectivity index (χ1) is 27.6. The van der Waals surface area contributed by atoms with E-state index in [0.717, 1.165) is 38.5 Å². The van der Waals surface area contributed by atoms with Gasteiger partial charge in [-0.15, -0.1) is 0 Å². The Balaban J connectivity index is 1.52. The van der Waals surface area contributed by atoms with Crippen LogP contribution in [0.1, 0.15) is 129 Å². The fourth-order valence-electron chi connectivity index (χ4n) is 6.70. The molecule has 2 aliphatic rings. The van der Waals surface area contributed by atoms with Gasteiger partial charge in [-0.1, -0.05) is 114 Å². The maximum atomic E-state index is 11.7. The Morgan fingerprint density at radius 3 is 1.60 bits per heavy atom. The molecule has 2 heterocycles. The van der Waals surface area contributed by atoms with E-state index in [1.807, 2.05) is 0 Å². The van der Waals surface area contributed by atoms with Crippen LogP contribution in [0.2, 0.25) is 0 Å². The lowest BCUT2D eigenvalue weighted by Crippen LogP contribution is -2.61. The predicted octanol–water partition coefficient (Wildman–Crippen LogP) is 4.29. The Kier molecular flexibility index (Phi) is 28.9. The quantitative estimate of drug-likeness (QED) is 0.0287. The Morgan fingerprint density at radius 2 is 1.05 bits per heavy atom. The Hall–Kier alpha value is -1.79. The number of allylic oxidation sites excluding steroid dienone is 6. The lowest BCUT2D eigenvalue weighted by molar-refractivity contribution is -0.332. The summed E-state index contributed by atoms with van der Waals surface area (Å²) in [4.78, 5) is 11.7. The van der Waals surface area contributed by atoms with Gasteiger partial charge in [-0.25, -0.2) is 0 Å². The lowest BCUT2D eigenvalue weighted by atomic mass is 9.98. The lowest BCUT2D eigenvalue weighted by Gasteiger charge is -2.42. The fourth-order valence-corrected chi connectivity index (χ4v) is 6.70. The molecule has 14 heteroatoms. The van der Waals surface area contributed by atoms with E-state index in [1.165, 1.54) is 84.0 Å². The van der Waals surface area contributed by atoms with Crippen molar-refractivity contribution in [3.63, 3.8) is 0 Å². The van der Waals surface area contributed by atoms with E-state index in [-0.39, 0.29) is 13.2 Å². The highest BCUT2D eigenvalue weighted by molar-refractivity contribution is 5.66. The average molecular weight is 817 g/mol. The molecule has 57 heavy (non-hydrogen) atoms. The summed E-state index contributed by atoms with van der Waals surface area (Å²) in [5.74, 6) is -0.555. The number of carbonyl (C=O) groups is 1. The molecule has 2 aliphatic heterocycles. The van der Waals surface area contributed by atoms with Crippen molar-refractivity contribution in [3.8, 4) is 0 Å². The van der Waals surface area contributed by atoms with E-state index >= 15 is 0 Å². The van der Waals surface area contributed by atoms with Gasteiger partial charge in [-0.2, -0.15) is 0 Å². The Morgan fingerprint density at radius 1 is 0.579 bits per heavy atom. The summed E-state index contributed by atoms with van der Waals surface area (Å²) in [6.07, 6.45) is 19.0. The van der Waals surface area contributed by atoms with E-state index in [1.54, 1.807) is 0 Å². The third kappa shape index (κ3) is 21.9. The average Bonchev–Trinajstić information content (AvgIpc) is 3.20. The number of unbranched alkanes of at least 4 members (excludes halogenated alkanes) is 14. The number of ether oxygens (including phenoxy) is 6. The molecule has 7 N–H and O–H groups in total. The molecule has 14 nitrogen and oxygen atoms in total. The summed E-state index contributed by atoms with van der Waals surface area (Å²) in [5, 5.41) is 70.9. The Bertz CT molecular complexity index is 1090. The van der Waals surface area contributed by atoms with Crippen LogP contribution in [0, 0.1) is 0 Å². The van der Waals surface area contributed by atoms with Gasteiger partial charge in [-0.05, 0) is 44.9 Å². The molecule has 11 atom stereocenters. The molecule has 0 saturated carbocycles. The van der Waals surface area contributed by atoms with Crippen LogP contribution < -0.4 is 0 Å². The van der Waals surface area contributed by atoms with Crippen molar-refractivity contribution in [3.05, 3.63) is 36.5 Å². The van der Waals surface area contributed by atoms with E-state index < -0.39 is 86.7 Å². The fraction of sp³-hybridized carbons (Fsp3) is 0.837. The molecule has 332 valence electrons. The minimum absolute atomic E-state index is 0.0417. The standard InChI is InChI=1S/C43H76O14/c1-3-4-5-6-7-8-9-10-11-12-13-14-15-16-17-18-19-20-21-22-23-24-25-26-27-52-29-33(55-32(2)45)30-53-42-41(51)39(49)37(47)35(57-42)31-54-43-40(50)38(48)36(46)34(28-44)56-43/h9-10,12-13,15-16,33-44,46-51H,3-8,11,14,17-31H2,1-2H3/b10-9-,13-12-,16-15-. The summed E-state index contributed by atoms with van der Waals surface area (Å²) in [6.45, 7) is 2.63. The minimum Gasteiger partial charge on any atom is -0.458 e. The van der Waals surface area contributed by atoms with Crippen LogP contribution in [0.3, 0.4) is 0 Å². The third-order valence-electron chi connectivity index (χ3n) is 10.2. The smallest absolute Gasteiger partial charge is 0.303 e. The Labute approximate surface area is 340 Å². The summed E-state index contributed by atoms with van der Waals surface area (Å²) < 4.78 is 33.1. The zero-order valence-electron chi connectivity index (χ0n) is 34.6. The molecule has 0 amide bonds. The summed E-state index contributed by atoms with van der Waals surface area (Å²) in [7, 11) is 0. The van der Waals surface area contributed by atoms with Crippen molar-refractivity contribution < 1.29 is 69.0 Å². The van der Waals surface area contributed by atoms with Crippen LogP contribution in [-0.4, -0.2) is 142 Å². The molecule has 2 rings (SSSR count). The van der Waals surface area contributed by atoms with Crippen LogP contribution in [0.25, 0.3) is 0 Å². The van der Waals surface area contributed by atoms with Gasteiger partial charge in [0.25, 0.3) is 0 Å². The number of hydrogen-bond acceptors (Lipinski definition) is 14. The van der Waals surface area contributed by atoms with Gasteiger partial charge in [0.15, 0.2) is 12.6 Å². The first-order valence-corrected chi connectivity index (χ1v) is 21.5. The zero-order chi connectivity index (χ0) is 41.7. The van der Waals surface area contributed by atoms with Crippen LogP contribution in [-0.2, 0) is 33.2 Å². The SMILES string of the molecule is CCCCCCC/C=C\C/C=C\C/C=C\CCCCCCCCCCCOCC(COC1OC(COC2OC(CO)C(O)C(O)C2O)C(O)C(O)C1O)OC(C)=O. The number of aliphatic hydroxyl groups is 7. The molecule has 11 unspecified atom stereocenters. The first kappa shape index (κ1) is 51.4. The minimum atomic E-state index is -1.70. The van der Waals surface area contributed by atoms with Gasteiger partial charge in [0.05, 0.1) is 26.4 Å². The normalized spacial score (nSPS) is 28.9. The highest BCUT2D eigenvalue weighted by Crippen LogP contribution is 2.26. The number of hydrogen-bond donors (Lipinski definition) is 7. The molecule has 0 spiro atoms. The second kappa shape index (κ2) is 32.0. The van der Waals surface area contributed by atoms with Crippen molar-refractivity contribution in [2.45, 2.75) is 197 Å². The van der Waals surface area contributed by atoms with Crippen LogP contribution >= 0.6 is 0 Å². The molecule has 0 aromatic rings. The molecular weight excluding hydrogens is 740 g/mol. The number of aliphatic hydroxyl groups excluding tert-OH is 7. The molecule has 0 aromatic carbocycles. The van der Waals surface area contributed by atoms with Gasteiger partial charge in [-0.3, -0.25) is 4.79 Å². The second-order valence-electron chi connectivity index (χ2n) is 15.2. The molecule has 0 aliphatic carbocycles. The monoisotopic (exact) mass is 817 g/mol. The van der Waals surface area contributed by atoms with E-state index in [2.05, 4.69) is 43.4 Å².